The molecule has 2 fully saturated rings. The largest absolute Gasteiger partial charge is 0.486 e. The van der Waals surface area contributed by atoms with Crippen LogP contribution in [0, 0.1) is 0 Å². The topological polar surface area (TPSA) is 100 Å². The van der Waals surface area contributed by atoms with Crippen molar-refractivity contribution in [1.82, 2.24) is 15.5 Å². The van der Waals surface area contributed by atoms with E-state index in [9.17, 15) is 14.7 Å². The minimum atomic E-state index is -0.889. The normalized spacial score (nSPS) is 21.7. The number of hydrogen-bond donors (Lipinski definition) is 3. The first kappa shape index (κ1) is 26.5. The molecule has 0 spiro atoms. The van der Waals surface area contributed by atoms with Gasteiger partial charge in [-0.05, 0) is 66.4 Å². The second-order valence-electron chi connectivity index (χ2n) is 10.8. The molecular weight excluding hydrogens is 506 g/mol. The number of likely N-dealkylation sites (tertiary alicyclic amines) is 1. The van der Waals surface area contributed by atoms with Gasteiger partial charge in [0.25, 0.3) is 0 Å². The van der Waals surface area contributed by atoms with Crippen LogP contribution in [0.3, 0.4) is 0 Å². The Kier molecular flexibility index (Phi) is 7.82. The Balaban J connectivity index is 1.16. The van der Waals surface area contributed by atoms with Gasteiger partial charge in [0.15, 0.2) is 11.5 Å². The van der Waals surface area contributed by atoms with Crippen LogP contribution in [-0.4, -0.2) is 73.7 Å². The summed E-state index contributed by atoms with van der Waals surface area (Å²) in [4.78, 5) is 27.0. The van der Waals surface area contributed by atoms with Crippen LogP contribution in [0.25, 0.3) is 11.1 Å². The number of nitrogens with one attached hydrogen (secondary N) is 2. The number of amides is 1. The number of aldehydes is 1. The van der Waals surface area contributed by atoms with Gasteiger partial charge in [-0.25, -0.2) is 0 Å². The summed E-state index contributed by atoms with van der Waals surface area (Å²) in [5.74, 6) is 1.22. The van der Waals surface area contributed by atoms with E-state index in [4.69, 9.17) is 9.47 Å². The number of fused-ring (bicyclic) bond motifs is 1. The molecule has 0 saturated carbocycles. The first-order chi connectivity index (χ1) is 19.6. The summed E-state index contributed by atoms with van der Waals surface area (Å²) >= 11 is 0. The van der Waals surface area contributed by atoms with Crippen molar-refractivity contribution < 1.29 is 24.2 Å². The number of rotatable bonds is 9. The first-order valence-electron chi connectivity index (χ1n) is 14.1. The molecule has 8 nitrogen and oxygen atoms in total. The number of nitrogens with zero attached hydrogens (tertiary/aromatic N) is 1. The summed E-state index contributed by atoms with van der Waals surface area (Å²) in [5.41, 5.74) is 4.42. The summed E-state index contributed by atoms with van der Waals surface area (Å²) in [7, 11) is 0. The van der Waals surface area contributed by atoms with Gasteiger partial charge in [-0.15, -0.1) is 0 Å². The van der Waals surface area contributed by atoms with E-state index in [1.54, 1.807) is 6.07 Å². The highest BCUT2D eigenvalue weighted by Crippen LogP contribution is 2.34. The second-order valence-corrected chi connectivity index (χ2v) is 10.8. The highest BCUT2D eigenvalue weighted by Gasteiger charge is 2.39. The van der Waals surface area contributed by atoms with Crippen LogP contribution in [0.2, 0.25) is 0 Å². The lowest BCUT2D eigenvalue weighted by molar-refractivity contribution is -0.127. The maximum absolute atomic E-state index is 13.5. The van der Waals surface area contributed by atoms with Gasteiger partial charge in [-0.1, -0.05) is 48.5 Å². The molecule has 4 atom stereocenters. The average Bonchev–Trinajstić information content (AvgIpc) is 3.49. The van der Waals surface area contributed by atoms with Crippen LogP contribution in [0.5, 0.6) is 11.5 Å². The van der Waals surface area contributed by atoms with Crippen LogP contribution >= 0.6 is 0 Å². The molecule has 3 aliphatic rings. The van der Waals surface area contributed by atoms with Gasteiger partial charge in [0.1, 0.15) is 25.6 Å². The van der Waals surface area contributed by atoms with Crippen LogP contribution in [-0.2, 0) is 4.79 Å². The Morgan fingerprint density at radius 3 is 2.50 bits per heavy atom. The zero-order valence-corrected chi connectivity index (χ0v) is 22.4. The molecular formula is C32H35N3O5. The molecule has 3 N–H and O–H groups in total. The van der Waals surface area contributed by atoms with E-state index < -0.39 is 12.1 Å². The van der Waals surface area contributed by atoms with Crippen molar-refractivity contribution in [2.45, 2.75) is 36.9 Å². The Labute approximate surface area is 234 Å². The predicted molar refractivity (Wildman–Crippen MR) is 152 cm³/mol. The molecule has 0 radical (unpaired) electrons. The maximum atomic E-state index is 13.5. The Hall–Kier alpha value is -3.72. The monoisotopic (exact) mass is 541 g/mol. The first-order valence-corrected chi connectivity index (χ1v) is 14.1. The van der Waals surface area contributed by atoms with Crippen LogP contribution in [0.4, 0.5) is 0 Å². The molecule has 208 valence electrons. The lowest BCUT2D eigenvalue weighted by Crippen LogP contribution is -2.61. The van der Waals surface area contributed by atoms with E-state index in [0.717, 1.165) is 48.9 Å². The summed E-state index contributed by atoms with van der Waals surface area (Å²) in [6.45, 7) is 4.20. The summed E-state index contributed by atoms with van der Waals surface area (Å²) in [6, 6.07) is 20.3. The smallest absolute Gasteiger partial charge is 0.238 e. The number of hydrogen-bond acceptors (Lipinski definition) is 7. The predicted octanol–water partition coefficient (Wildman–Crippen LogP) is 3.31. The van der Waals surface area contributed by atoms with Gasteiger partial charge in [-0.3, -0.25) is 9.59 Å². The molecule has 0 aromatic heterocycles. The molecule has 0 bridgehead atoms. The van der Waals surface area contributed by atoms with Gasteiger partial charge in [0, 0.05) is 24.6 Å². The zero-order valence-electron chi connectivity index (χ0n) is 22.4. The van der Waals surface area contributed by atoms with Crippen molar-refractivity contribution in [2.24, 2.45) is 0 Å². The van der Waals surface area contributed by atoms with Gasteiger partial charge in [0.05, 0.1) is 12.1 Å². The number of aliphatic hydroxyl groups excluding tert-OH is 1. The number of carbonyl (C=O) groups is 2. The Morgan fingerprint density at radius 2 is 1.77 bits per heavy atom. The third kappa shape index (κ3) is 5.61. The van der Waals surface area contributed by atoms with Crippen molar-refractivity contribution in [2.75, 3.05) is 39.4 Å². The lowest BCUT2D eigenvalue weighted by Gasteiger charge is -2.39. The molecule has 1 amide bonds. The second kappa shape index (κ2) is 11.8. The van der Waals surface area contributed by atoms with Crippen molar-refractivity contribution in [1.29, 1.82) is 0 Å². The van der Waals surface area contributed by atoms with E-state index in [-0.39, 0.29) is 17.9 Å². The lowest BCUT2D eigenvalue weighted by atomic mass is 9.83. The van der Waals surface area contributed by atoms with Gasteiger partial charge < -0.3 is 30.1 Å². The molecule has 3 heterocycles. The van der Waals surface area contributed by atoms with Crippen molar-refractivity contribution >= 4 is 12.2 Å². The fraction of sp³-hybridized carbons (Fsp3) is 0.375. The molecule has 40 heavy (non-hydrogen) atoms. The van der Waals surface area contributed by atoms with E-state index >= 15 is 0 Å². The number of carbonyl (C=O) groups excluding carboxylic acids is 2. The molecule has 3 aromatic rings. The minimum Gasteiger partial charge on any atom is -0.486 e. The van der Waals surface area contributed by atoms with E-state index in [2.05, 4.69) is 27.7 Å². The number of benzene rings is 3. The summed E-state index contributed by atoms with van der Waals surface area (Å²) in [5, 5.41) is 17.9. The molecule has 3 aromatic carbocycles. The third-order valence-electron chi connectivity index (χ3n) is 8.21. The molecule has 0 aliphatic carbocycles. The fourth-order valence-electron chi connectivity index (χ4n) is 5.87. The van der Waals surface area contributed by atoms with Crippen LogP contribution in [0.15, 0.2) is 66.7 Å². The highest BCUT2D eigenvalue weighted by molar-refractivity contribution is 5.85. The molecule has 6 rings (SSSR count). The highest BCUT2D eigenvalue weighted by atomic mass is 16.6. The van der Waals surface area contributed by atoms with Gasteiger partial charge >= 0.3 is 0 Å². The van der Waals surface area contributed by atoms with Crippen LogP contribution < -0.4 is 20.1 Å². The van der Waals surface area contributed by atoms with Gasteiger partial charge in [0.2, 0.25) is 5.91 Å². The van der Waals surface area contributed by atoms with Crippen molar-refractivity contribution in [3.63, 3.8) is 0 Å². The zero-order chi connectivity index (χ0) is 27.5. The van der Waals surface area contributed by atoms with Gasteiger partial charge in [-0.2, -0.15) is 0 Å². The SMILES string of the molecule is O=Cc1cccc(-c2ccc(C3CNC3C(=O)NC(CN3CCCC3)C(O)c3ccc4c(c3)OCCO4)cc2)c1. The summed E-state index contributed by atoms with van der Waals surface area (Å²) in [6.07, 6.45) is 2.22. The number of aliphatic hydroxyl groups is 1. The van der Waals surface area contributed by atoms with E-state index in [1.165, 1.54) is 0 Å². The quantitative estimate of drug-likeness (QED) is 0.358. The van der Waals surface area contributed by atoms with E-state index in [1.807, 2.05) is 48.5 Å². The number of ether oxygens (including phenoxy) is 2. The third-order valence-corrected chi connectivity index (χ3v) is 8.21. The fourth-order valence-corrected chi connectivity index (χ4v) is 5.87. The van der Waals surface area contributed by atoms with E-state index in [0.29, 0.717) is 48.9 Å². The Morgan fingerprint density at radius 1 is 1.00 bits per heavy atom. The van der Waals surface area contributed by atoms with Crippen LogP contribution in [0.1, 0.15) is 46.3 Å². The summed E-state index contributed by atoms with van der Waals surface area (Å²) < 4.78 is 11.4. The standard InChI is InChI=1S/C32H35N3O5/c36-20-21-4-3-5-24(16-21)22-6-8-23(9-7-22)26-18-33-30(26)32(38)34-27(19-35-12-1-2-13-35)31(37)25-10-11-28-29(17-25)40-15-14-39-28/h3-11,16-17,20,26-27,30-31,33,37H,1-2,12-15,18-19H2,(H,34,38). The van der Waals surface area contributed by atoms with Crippen molar-refractivity contribution in [3.05, 3.63) is 83.4 Å². The maximum Gasteiger partial charge on any atom is 0.238 e. The van der Waals surface area contributed by atoms with Crippen molar-refractivity contribution in [3.8, 4) is 22.6 Å². The Bertz CT molecular complexity index is 1350. The molecule has 4 unspecified atom stereocenters. The molecule has 2 saturated heterocycles. The minimum absolute atomic E-state index is 0.0363. The molecule has 3 aliphatic heterocycles. The molecule has 8 heteroatoms. The average molecular weight is 542 g/mol.